The maximum atomic E-state index is 12.9. The number of rotatable bonds is 3. The maximum absolute atomic E-state index is 12.9. The van der Waals surface area contributed by atoms with Gasteiger partial charge in [-0.3, -0.25) is 4.21 Å². The summed E-state index contributed by atoms with van der Waals surface area (Å²) in [6, 6.07) is 7.45. The molecule has 1 aromatic heterocycles. The molecule has 2 N–H and O–H groups in total. The van der Waals surface area contributed by atoms with Gasteiger partial charge in [0.25, 0.3) is 0 Å². The Bertz CT molecular complexity index is 788. The maximum Gasteiger partial charge on any atom is 0.244 e. The predicted octanol–water partition coefficient (Wildman–Crippen LogP) is 1.11. The van der Waals surface area contributed by atoms with E-state index in [1.807, 2.05) is 24.3 Å². The van der Waals surface area contributed by atoms with Crippen LogP contribution in [0.25, 0.3) is 10.1 Å². The first-order valence-electron chi connectivity index (χ1n) is 6.59. The average molecular weight is 344 g/mol. The number of fused-ring (bicyclic) bond motifs is 1. The van der Waals surface area contributed by atoms with Crippen molar-refractivity contribution in [2.24, 2.45) is 5.73 Å². The van der Waals surface area contributed by atoms with E-state index in [9.17, 15) is 12.6 Å². The smallest absolute Gasteiger partial charge is 0.244 e. The second kappa shape index (κ2) is 5.77. The van der Waals surface area contributed by atoms with Crippen LogP contribution in [-0.2, 0) is 27.4 Å². The van der Waals surface area contributed by atoms with Crippen LogP contribution in [0.4, 0.5) is 0 Å². The Kier molecular flexibility index (Phi) is 4.15. The van der Waals surface area contributed by atoms with Crippen molar-refractivity contribution in [1.29, 1.82) is 0 Å². The zero-order chi connectivity index (χ0) is 15.0. The van der Waals surface area contributed by atoms with Crippen LogP contribution < -0.4 is 5.73 Å². The Morgan fingerprint density at radius 1 is 1.24 bits per heavy atom. The highest BCUT2D eigenvalue weighted by atomic mass is 32.2. The summed E-state index contributed by atoms with van der Waals surface area (Å²) < 4.78 is 39.6. The van der Waals surface area contributed by atoms with Crippen molar-refractivity contribution in [3.63, 3.8) is 0 Å². The second-order valence-electron chi connectivity index (χ2n) is 4.81. The molecule has 1 aromatic carbocycles. The summed E-state index contributed by atoms with van der Waals surface area (Å²) in [4.78, 5) is 1.01. The van der Waals surface area contributed by atoms with Gasteiger partial charge in [0.1, 0.15) is 4.90 Å². The topological polar surface area (TPSA) is 80.5 Å². The fourth-order valence-electron chi connectivity index (χ4n) is 2.48. The fraction of sp³-hybridized carbons (Fsp3) is 0.385. The van der Waals surface area contributed by atoms with Gasteiger partial charge in [0.2, 0.25) is 10.0 Å². The molecule has 21 heavy (non-hydrogen) atoms. The van der Waals surface area contributed by atoms with Gasteiger partial charge in [-0.2, -0.15) is 4.31 Å². The quantitative estimate of drug-likeness (QED) is 0.904. The number of hydrogen-bond donors (Lipinski definition) is 1. The van der Waals surface area contributed by atoms with Crippen LogP contribution in [0.15, 0.2) is 29.2 Å². The first-order chi connectivity index (χ1) is 10.0. The normalized spacial score (nSPS) is 18.3. The molecule has 8 heteroatoms. The molecule has 0 aliphatic carbocycles. The van der Waals surface area contributed by atoms with Gasteiger partial charge in [0.05, 0.1) is 0 Å². The Balaban J connectivity index is 2.12. The molecule has 114 valence electrons. The monoisotopic (exact) mass is 344 g/mol. The molecule has 2 aromatic rings. The lowest BCUT2D eigenvalue weighted by Gasteiger charge is -2.25. The Labute approximate surface area is 130 Å². The van der Waals surface area contributed by atoms with Crippen LogP contribution in [0.2, 0.25) is 0 Å². The van der Waals surface area contributed by atoms with Gasteiger partial charge in [-0.05, 0) is 6.07 Å². The molecule has 1 saturated heterocycles. The minimum absolute atomic E-state index is 0.202. The summed E-state index contributed by atoms with van der Waals surface area (Å²) in [6.45, 7) is 0.819. The fourth-order valence-corrected chi connectivity index (χ4v) is 7.00. The average Bonchev–Trinajstić information content (AvgIpc) is 2.87. The van der Waals surface area contributed by atoms with Gasteiger partial charge < -0.3 is 5.73 Å². The number of nitrogens with zero attached hydrogens (tertiary/aromatic N) is 1. The van der Waals surface area contributed by atoms with Crippen molar-refractivity contribution in [2.75, 3.05) is 24.6 Å². The summed E-state index contributed by atoms with van der Waals surface area (Å²) in [6.07, 6.45) is 0. The van der Waals surface area contributed by atoms with Gasteiger partial charge in [-0.15, -0.1) is 11.3 Å². The number of hydrogen-bond acceptors (Lipinski definition) is 5. The van der Waals surface area contributed by atoms with Gasteiger partial charge in [-0.25, -0.2) is 8.42 Å². The van der Waals surface area contributed by atoms with Gasteiger partial charge in [0, 0.05) is 56.9 Å². The van der Waals surface area contributed by atoms with Crippen molar-refractivity contribution in [3.05, 3.63) is 29.1 Å². The standard InChI is InChI=1S/C13H16N2O3S3/c14-9-12-13(10-3-1-2-4-11(10)19-12)21(17,18)15-5-7-20(16)8-6-15/h1-4H,5-9,14H2. The summed E-state index contributed by atoms with van der Waals surface area (Å²) in [7, 11) is -4.49. The molecular formula is C13H16N2O3S3. The zero-order valence-electron chi connectivity index (χ0n) is 11.3. The summed E-state index contributed by atoms with van der Waals surface area (Å²) in [5.74, 6) is 0.804. The highest BCUT2D eigenvalue weighted by Crippen LogP contribution is 2.36. The molecule has 0 spiro atoms. The van der Waals surface area contributed by atoms with Crippen LogP contribution in [0.3, 0.4) is 0 Å². The van der Waals surface area contributed by atoms with E-state index < -0.39 is 20.8 Å². The van der Waals surface area contributed by atoms with Crippen molar-refractivity contribution in [3.8, 4) is 0 Å². The molecule has 0 saturated carbocycles. The third kappa shape index (κ3) is 2.66. The zero-order valence-corrected chi connectivity index (χ0v) is 13.8. The highest BCUT2D eigenvalue weighted by Gasteiger charge is 2.32. The first-order valence-corrected chi connectivity index (χ1v) is 10.3. The Morgan fingerprint density at radius 3 is 2.57 bits per heavy atom. The van der Waals surface area contributed by atoms with E-state index >= 15 is 0 Å². The minimum atomic E-state index is -3.58. The van der Waals surface area contributed by atoms with Gasteiger partial charge in [0.15, 0.2) is 0 Å². The Morgan fingerprint density at radius 2 is 1.90 bits per heavy atom. The van der Waals surface area contributed by atoms with E-state index in [1.165, 1.54) is 15.6 Å². The third-order valence-electron chi connectivity index (χ3n) is 3.54. The third-order valence-corrected chi connectivity index (χ3v) is 8.16. The molecule has 0 radical (unpaired) electrons. The first kappa shape index (κ1) is 15.1. The molecule has 3 rings (SSSR count). The summed E-state index contributed by atoms with van der Waals surface area (Å²) in [5, 5.41) is 0.731. The van der Waals surface area contributed by atoms with E-state index in [0.717, 1.165) is 10.1 Å². The number of nitrogens with two attached hydrogens (primary N) is 1. The van der Waals surface area contributed by atoms with Gasteiger partial charge in [-0.1, -0.05) is 18.2 Å². The summed E-state index contributed by atoms with van der Waals surface area (Å²) >= 11 is 1.42. The lowest BCUT2D eigenvalue weighted by molar-refractivity contribution is 0.439. The van der Waals surface area contributed by atoms with Crippen molar-refractivity contribution < 1.29 is 12.6 Å². The van der Waals surface area contributed by atoms with E-state index in [-0.39, 0.29) is 6.54 Å². The molecular weight excluding hydrogens is 328 g/mol. The molecule has 0 amide bonds. The molecule has 5 nitrogen and oxygen atoms in total. The lowest BCUT2D eigenvalue weighted by atomic mass is 10.2. The van der Waals surface area contributed by atoms with E-state index in [0.29, 0.717) is 34.4 Å². The lowest BCUT2D eigenvalue weighted by Crippen LogP contribution is -2.41. The predicted molar refractivity (Wildman–Crippen MR) is 86.4 cm³/mol. The number of thiophene rings is 1. The largest absolute Gasteiger partial charge is 0.326 e. The van der Waals surface area contributed by atoms with E-state index in [2.05, 4.69) is 0 Å². The van der Waals surface area contributed by atoms with E-state index in [1.54, 1.807) is 0 Å². The Hall–Kier alpha value is -0.800. The van der Waals surface area contributed by atoms with Crippen LogP contribution in [0, 0.1) is 0 Å². The molecule has 2 heterocycles. The molecule has 1 fully saturated rings. The molecule has 0 bridgehead atoms. The molecule has 0 unspecified atom stereocenters. The SMILES string of the molecule is NCc1sc2ccccc2c1S(=O)(=O)N1CCS(=O)CC1. The highest BCUT2D eigenvalue weighted by molar-refractivity contribution is 7.90. The van der Waals surface area contributed by atoms with Crippen molar-refractivity contribution >= 4 is 42.2 Å². The summed E-state index contributed by atoms with van der Waals surface area (Å²) in [5.41, 5.74) is 5.74. The van der Waals surface area contributed by atoms with Crippen LogP contribution >= 0.6 is 11.3 Å². The number of sulfonamides is 1. The number of benzene rings is 1. The van der Waals surface area contributed by atoms with Crippen LogP contribution in [0.1, 0.15) is 4.88 Å². The van der Waals surface area contributed by atoms with E-state index in [4.69, 9.17) is 5.73 Å². The molecule has 1 aliphatic heterocycles. The van der Waals surface area contributed by atoms with Gasteiger partial charge >= 0.3 is 0 Å². The van der Waals surface area contributed by atoms with Crippen LogP contribution in [0.5, 0.6) is 0 Å². The second-order valence-corrected chi connectivity index (χ2v) is 9.51. The minimum Gasteiger partial charge on any atom is -0.326 e. The van der Waals surface area contributed by atoms with Crippen LogP contribution in [-0.4, -0.2) is 41.5 Å². The molecule has 0 atom stereocenters. The van der Waals surface area contributed by atoms with Crippen molar-refractivity contribution in [1.82, 2.24) is 4.31 Å². The van der Waals surface area contributed by atoms with Crippen molar-refractivity contribution in [2.45, 2.75) is 11.4 Å². The molecule has 1 aliphatic rings.